The van der Waals surface area contributed by atoms with Crippen molar-refractivity contribution in [2.45, 2.75) is 45.2 Å². The van der Waals surface area contributed by atoms with Crippen molar-refractivity contribution in [3.63, 3.8) is 0 Å². The van der Waals surface area contributed by atoms with Crippen LogP contribution in [0.25, 0.3) is 16.9 Å². The van der Waals surface area contributed by atoms with E-state index in [9.17, 15) is 9.59 Å². The lowest BCUT2D eigenvalue weighted by molar-refractivity contribution is 0.0919. The third-order valence-electron chi connectivity index (χ3n) is 8.45. The zero-order valence-electron chi connectivity index (χ0n) is 23.5. The summed E-state index contributed by atoms with van der Waals surface area (Å²) in [7, 11) is 2.12. The number of anilines is 1. The van der Waals surface area contributed by atoms with E-state index in [-0.39, 0.29) is 17.6 Å². The van der Waals surface area contributed by atoms with Gasteiger partial charge in [0, 0.05) is 45.0 Å². The minimum atomic E-state index is -0.139. The molecule has 4 aromatic rings. The van der Waals surface area contributed by atoms with Crippen molar-refractivity contribution in [3.8, 4) is 5.82 Å². The number of imidazole rings is 1. The highest BCUT2D eigenvalue weighted by Gasteiger charge is 2.26. The van der Waals surface area contributed by atoms with Crippen molar-refractivity contribution in [3.05, 3.63) is 75.4 Å². The number of piperazine rings is 1. The summed E-state index contributed by atoms with van der Waals surface area (Å²) in [5.41, 5.74) is 2.79. The number of carbonyl (C=O) groups is 1. The van der Waals surface area contributed by atoms with Gasteiger partial charge in [0.15, 0.2) is 11.6 Å². The fourth-order valence-corrected chi connectivity index (χ4v) is 6.15. The zero-order valence-corrected chi connectivity index (χ0v) is 24.2. The van der Waals surface area contributed by atoms with Crippen molar-refractivity contribution in [2.24, 2.45) is 5.92 Å². The normalized spacial score (nSPS) is 19.9. The van der Waals surface area contributed by atoms with Gasteiger partial charge in [0.2, 0.25) is 0 Å². The molecule has 2 aliphatic rings. The molecule has 4 heterocycles. The number of hydrogen-bond donors (Lipinski definition) is 1. The number of likely N-dealkylation sites (N-methyl/N-ethyl adjacent to an activating group) is 1. The van der Waals surface area contributed by atoms with Crippen LogP contribution in [0.2, 0.25) is 5.02 Å². The highest BCUT2D eigenvalue weighted by Crippen LogP contribution is 2.28. The molecule has 0 spiro atoms. The first-order chi connectivity index (χ1) is 19.9. The Morgan fingerprint density at radius 3 is 2.37 bits per heavy atom. The van der Waals surface area contributed by atoms with Crippen molar-refractivity contribution in [2.75, 3.05) is 38.1 Å². The van der Waals surface area contributed by atoms with E-state index in [0.29, 0.717) is 34.6 Å². The maximum Gasteiger partial charge on any atom is 0.334 e. The minimum Gasteiger partial charge on any atom is -0.353 e. The average molecular weight is 575 g/mol. The minimum absolute atomic E-state index is 0.0873. The number of carbonyl (C=O) groups excluding carboxylic acids is 1. The van der Waals surface area contributed by atoms with Gasteiger partial charge in [-0.2, -0.15) is 0 Å². The molecule has 2 fully saturated rings. The fourth-order valence-electron chi connectivity index (χ4n) is 6.00. The molecule has 11 heteroatoms. The first kappa shape index (κ1) is 27.4. The van der Waals surface area contributed by atoms with E-state index < -0.39 is 0 Å². The number of fused-ring (bicyclic) bond motifs is 1. The first-order valence-corrected chi connectivity index (χ1v) is 14.7. The maximum atomic E-state index is 13.8. The van der Waals surface area contributed by atoms with Crippen LogP contribution < -0.4 is 15.9 Å². The predicted octanol–water partition coefficient (Wildman–Crippen LogP) is 3.68. The second-order valence-electron chi connectivity index (χ2n) is 11.2. The number of pyridine rings is 1. The van der Waals surface area contributed by atoms with Crippen LogP contribution in [0.5, 0.6) is 0 Å². The number of aromatic nitrogens is 5. The maximum absolute atomic E-state index is 13.8. The highest BCUT2D eigenvalue weighted by atomic mass is 35.5. The number of rotatable bonds is 6. The van der Waals surface area contributed by atoms with Gasteiger partial charge in [-0.25, -0.2) is 9.36 Å². The lowest BCUT2D eigenvalue weighted by Gasteiger charge is -2.32. The molecule has 1 N–H and O–H groups in total. The van der Waals surface area contributed by atoms with Crippen molar-refractivity contribution < 1.29 is 4.79 Å². The van der Waals surface area contributed by atoms with Crippen LogP contribution in [0.3, 0.4) is 0 Å². The molecule has 1 saturated carbocycles. The molecule has 1 aromatic carbocycles. The van der Waals surface area contributed by atoms with Crippen molar-refractivity contribution in [1.29, 1.82) is 0 Å². The third kappa shape index (κ3) is 5.71. The van der Waals surface area contributed by atoms with E-state index >= 15 is 0 Å². The van der Waals surface area contributed by atoms with Gasteiger partial charge in [-0.3, -0.25) is 14.3 Å². The number of aryl methyl sites for hydroxylation is 1. The smallest absolute Gasteiger partial charge is 0.334 e. The standard InChI is InChI=1S/C30H35ClN8O2/c1-20-24(17-22(31)18-32-20)29(40)33-23-9-7-21(8-10-23)19-38-25-5-3-4-6-26(25)39(30(38)41)28-12-11-27(34-35-28)37-15-13-36(2)14-16-37/h3-6,11-12,17-18,21,23H,7-10,13-16,19H2,1-2H3,(H,33,40)/t21-,23-. The molecule has 10 nitrogen and oxygen atoms in total. The van der Waals surface area contributed by atoms with Crippen LogP contribution in [0, 0.1) is 12.8 Å². The first-order valence-electron chi connectivity index (χ1n) is 14.3. The average Bonchev–Trinajstić information content (AvgIpc) is 3.26. The van der Waals surface area contributed by atoms with Crippen molar-refractivity contribution in [1.82, 2.24) is 34.5 Å². The topological polar surface area (TPSA) is 101 Å². The molecular formula is C30H35ClN8O2. The van der Waals surface area contributed by atoms with Crippen LogP contribution in [-0.2, 0) is 6.54 Å². The zero-order chi connectivity index (χ0) is 28.5. The molecule has 0 radical (unpaired) electrons. The molecule has 1 aliphatic carbocycles. The number of halogens is 1. The Morgan fingerprint density at radius 1 is 0.976 bits per heavy atom. The molecule has 0 unspecified atom stereocenters. The van der Waals surface area contributed by atoms with E-state index in [1.807, 2.05) is 47.9 Å². The summed E-state index contributed by atoms with van der Waals surface area (Å²) in [4.78, 5) is 35.3. The molecule has 41 heavy (non-hydrogen) atoms. The Kier molecular flexibility index (Phi) is 7.77. The molecular weight excluding hydrogens is 540 g/mol. The lowest BCUT2D eigenvalue weighted by Crippen LogP contribution is -2.44. The van der Waals surface area contributed by atoms with Crippen LogP contribution in [0.15, 0.2) is 53.5 Å². The van der Waals surface area contributed by atoms with Gasteiger partial charge in [0.1, 0.15) is 0 Å². The van der Waals surface area contributed by atoms with Crippen LogP contribution in [0.1, 0.15) is 41.7 Å². The molecule has 214 valence electrons. The Morgan fingerprint density at radius 2 is 1.66 bits per heavy atom. The van der Waals surface area contributed by atoms with E-state index in [1.54, 1.807) is 16.8 Å². The van der Waals surface area contributed by atoms with Gasteiger partial charge in [0.25, 0.3) is 5.91 Å². The Hall–Kier alpha value is -3.76. The van der Waals surface area contributed by atoms with Crippen LogP contribution in [0.4, 0.5) is 5.82 Å². The third-order valence-corrected chi connectivity index (χ3v) is 8.66. The van der Waals surface area contributed by atoms with Gasteiger partial charge in [-0.15, -0.1) is 10.2 Å². The number of benzene rings is 1. The van der Waals surface area contributed by atoms with E-state index in [1.165, 1.54) is 0 Å². The monoisotopic (exact) mass is 574 g/mol. The largest absolute Gasteiger partial charge is 0.353 e. The number of para-hydroxylation sites is 2. The number of hydrogen-bond acceptors (Lipinski definition) is 7. The Balaban J connectivity index is 1.15. The Labute approximate surface area is 243 Å². The molecule has 1 aliphatic heterocycles. The molecule has 3 aromatic heterocycles. The van der Waals surface area contributed by atoms with Crippen molar-refractivity contribution >= 4 is 34.4 Å². The lowest BCUT2D eigenvalue weighted by atomic mass is 9.85. The second kappa shape index (κ2) is 11.6. The summed E-state index contributed by atoms with van der Waals surface area (Å²) in [6.45, 7) is 6.23. The molecule has 1 saturated heterocycles. The summed E-state index contributed by atoms with van der Waals surface area (Å²) in [6, 6.07) is 13.5. The van der Waals surface area contributed by atoms with E-state index in [4.69, 9.17) is 11.6 Å². The van der Waals surface area contributed by atoms with Crippen LogP contribution in [-0.4, -0.2) is 74.4 Å². The van der Waals surface area contributed by atoms with Gasteiger partial charge in [-0.1, -0.05) is 23.7 Å². The summed E-state index contributed by atoms with van der Waals surface area (Å²) >= 11 is 6.06. The molecule has 1 amide bonds. The van der Waals surface area contributed by atoms with Gasteiger partial charge in [-0.05, 0) is 75.9 Å². The summed E-state index contributed by atoms with van der Waals surface area (Å²) in [5, 5.41) is 12.6. The summed E-state index contributed by atoms with van der Waals surface area (Å²) in [5.74, 6) is 1.56. The summed E-state index contributed by atoms with van der Waals surface area (Å²) < 4.78 is 3.54. The molecule has 0 atom stereocenters. The van der Waals surface area contributed by atoms with E-state index in [2.05, 4.69) is 37.3 Å². The number of amides is 1. The van der Waals surface area contributed by atoms with Gasteiger partial charge >= 0.3 is 5.69 Å². The van der Waals surface area contributed by atoms with Gasteiger partial charge in [0.05, 0.1) is 27.3 Å². The van der Waals surface area contributed by atoms with Gasteiger partial charge < -0.3 is 15.1 Å². The summed E-state index contributed by atoms with van der Waals surface area (Å²) in [6.07, 6.45) is 5.10. The molecule has 0 bridgehead atoms. The van der Waals surface area contributed by atoms with Crippen LogP contribution >= 0.6 is 11.6 Å². The predicted molar refractivity (Wildman–Crippen MR) is 160 cm³/mol. The fraction of sp³-hybridized carbons (Fsp3) is 0.433. The highest BCUT2D eigenvalue weighted by molar-refractivity contribution is 6.30. The number of nitrogens with one attached hydrogen (secondary N) is 1. The SMILES string of the molecule is Cc1ncc(Cl)cc1C(=O)N[C@H]1CC[C@H](Cn2c(=O)n(-c3ccc(N4CCN(C)CC4)nn3)c3ccccc32)CC1. The molecule has 6 rings (SSSR count). The van der Waals surface area contributed by atoms with E-state index in [0.717, 1.165) is 68.7 Å². The Bertz CT molecular complexity index is 1600. The number of nitrogens with zero attached hydrogens (tertiary/aromatic N) is 7. The second-order valence-corrected chi connectivity index (χ2v) is 11.7. The quantitative estimate of drug-likeness (QED) is 0.375.